The first-order valence-corrected chi connectivity index (χ1v) is 10.2. The maximum Gasteiger partial charge on any atom is 0.333 e. The predicted molar refractivity (Wildman–Crippen MR) is 109 cm³/mol. The van der Waals surface area contributed by atoms with Crippen LogP contribution in [0, 0.1) is 17.8 Å². The summed E-state index contributed by atoms with van der Waals surface area (Å²) < 4.78 is 5.94. The van der Waals surface area contributed by atoms with Crippen LogP contribution in [0.4, 0.5) is 0 Å². The van der Waals surface area contributed by atoms with Crippen molar-refractivity contribution in [3.05, 3.63) is 42.0 Å². The SMILES string of the molecule is CCCCN/C(=C\C(=O)O[C@@H]1C[C@H](C)CC[C@H]1C(C)C)c1ccccc1. The third kappa shape index (κ3) is 6.19. The second kappa shape index (κ2) is 10.4. The molecule has 0 heterocycles. The fraction of sp³-hybridized carbons (Fsp3) is 0.609. The molecule has 0 unspecified atom stereocenters. The van der Waals surface area contributed by atoms with Crippen LogP contribution in [0.5, 0.6) is 0 Å². The van der Waals surface area contributed by atoms with E-state index in [9.17, 15) is 4.79 Å². The number of carbonyl (C=O) groups excluding carboxylic acids is 1. The van der Waals surface area contributed by atoms with E-state index in [1.807, 2.05) is 30.3 Å². The van der Waals surface area contributed by atoms with Gasteiger partial charge in [0.2, 0.25) is 0 Å². The summed E-state index contributed by atoms with van der Waals surface area (Å²) in [7, 11) is 0. The van der Waals surface area contributed by atoms with Gasteiger partial charge >= 0.3 is 5.97 Å². The molecule has 0 amide bonds. The Morgan fingerprint density at radius 1 is 1.27 bits per heavy atom. The van der Waals surface area contributed by atoms with Crippen LogP contribution in [0.3, 0.4) is 0 Å². The molecular weight excluding hydrogens is 322 g/mol. The predicted octanol–water partition coefficient (Wildman–Crippen LogP) is 5.42. The zero-order chi connectivity index (χ0) is 18.9. The van der Waals surface area contributed by atoms with Crippen LogP contribution in [0.15, 0.2) is 36.4 Å². The Kier molecular flexibility index (Phi) is 8.21. The molecular formula is C23H35NO2. The van der Waals surface area contributed by atoms with E-state index < -0.39 is 0 Å². The number of hydrogen-bond donors (Lipinski definition) is 1. The van der Waals surface area contributed by atoms with Crippen molar-refractivity contribution in [3.8, 4) is 0 Å². The van der Waals surface area contributed by atoms with Gasteiger partial charge in [-0.1, -0.05) is 70.9 Å². The molecule has 0 bridgehead atoms. The molecule has 0 aromatic heterocycles. The van der Waals surface area contributed by atoms with Gasteiger partial charge in [0, 0.05) is 18.3 Å². The van der Waals surface area contributed by atoms with Crippen molar-refractivity contribution in [3.63, 3.8) is 0 Å². The molecule has 0 aliphatic heterocycles. The number of rotatable bonds is 8. The van der Waals surface area contributed by atoms with Crippen molar-refractivity contribution in [2.24, 2.45) is 17.8 Å². The number of unbranched alkanes of at least 4 members (excludes halogenated alkanes) is 1. The number of benzene rings is 1. The average Bonchev–Trinajstić information content (AvgIpc) is 2.61. The van der Waals surface area contributed by atoms with Crippen molar-refractivity contribution in [2.45, 2.75) is 65.9 Å². The molecule has 0 saturated heterocycles. The summed E-state index contributed by atoms with van der Waals surface area (Å²) in [5.41, 5.74) is 1.88. The Morgan fingerprint density at radius 3 is 2.65 bits per heavy atom. The van der Waals surface area contributed by atoms with E-state index >= 15 is 0 Å². The van der Waals surface area contributed by atoms with Crippen molar-refractivity contribution < 1.29 is 9.53 Å². The first-order chi connectivity index (χ1) is 12.5. The highest BCUT2D eigenvalue weighted by Crippen LogP contribution is 2.35. The van der Waals surface area contributed by atoms with Crippen LogP contribution < -0.4 is 5.32 Å². The Balaban J connectivity index is 2.10. The van der Waals surface area contributed by atoms with E-state index in [4.69, 9.17) is 4.74 Å². The lowest BCUT2D eigenvalue weighted by Crippen LogP contribution is -2.35. The summed E-state index contributed by atoms with van der Waals surface area (Å²) in [6, 6.07) is 10.0. The van der Waals surface area contributed by atoms with E-state index in [0.29, 0.717) is 17.8 Å². The molecule has 26 heavy (non-hydrogen) atoms. The minimum absolute atomic E-state index is 0.0372. The number of nitrogens with one attached hydrogen (secondary N) is 1. The number of esters is 1. The van der Waals surface area contributed by atoms with Gasteiger partial charge in [0.05, 0.1) is 0 Å². The van der Waals surface area contributed by atoms with Crippen LogP contribution in [0.25, 0.3) is 5.70 Å². The molecule has 1 aromatic carbocycles. The number of hydrogen-bond acceptors (Lipinski definition) is 3. The lowest BCUT2D eigenvalue weighted by atomic mass is 9.75. The number of carbonyl (C=O) groups is 1. The molecule has 2 rings (SSSR count). The third-order valence-electron chi connectivity index (χ3n) is 5.42. The fourth-order valence-electron chi connectivity index (χ4n) is 3.81. The van der Waals surface area contributed by atoms with Crippen LogP contribution in [0.1, 0.15) is 65.4 Å². The molecule has 1 saturated carbocycles. The molecule has 0 spiro atoms. The highest BCUT2D eigenvalue weighted by atomic mass is 16.5. The van der Waals surface area contributed by atoms with Gasteiger partial charge in [-0.25, -0.2) is 4.79 Å². The summed E-state index contributed by atoms with van der Waals surface area (Å²) in [4.78, 5) is 12.7. The largest absolute Gasteiger partial charge is 0.459 e. The summed E-state index contributed by atoms with van der Waals surface area (Å²) in [6.07, 6.45) is 7.25. The Bertz CT molecular complexity index is 579. The maximum absolute atomic E-state index is 12.7. The molecule has 3 heteroatoms. The van der Waals surface area contributed by atoms with Gasteiger partial charge in [-0.05, 0) is 42.6 Å². The molecule has 3 atom stereocenters. The van der Waals surface area contributed by atoms with E-state index in [2.05, 4.69) is 33.0 Å². The van der Waals surface area contributed by atoms with Gasteiger partial charge in [-0.15, -0.1) is 0 Å². The second-order valence-corrected chi connectivity index (χ2v) is 8.01. The summed E-state index contributed by atoms with van der Waals surface area (Å²) in [5.74, 6) is 1.41. The van der Waals surface area contributed by atoms with E-state index in [-0.39, 0.29) is 12.1 Å². The van der Waals surface area contributed by atoms with Crippen molar-refractivity contribution in [2.75, 3.05) is 6.54 Å². The van der Waals surface area contributed by atoms with E-state index in [0.717, 1.165) is 43.5 Å². The monoisotopic (exact) mass is 357 g/mol. The topological polar surface area (TPSA) is 38.3 Å². The zero-order valence-corrected chi connectivity index (χ0v) is 16.8. The smallest absolute Gasteiger partial charge is 0.333 e. The molecule has 3 nitrogen and oxygen atoms in total. The van der Waals surface area contributed by atoms with E-state index in [1.165, 1.54) is 6.42 Å². The molecule has 1 aromatic rings. The van der Waals surface area contributed by atoms with Crippen molar-refractivity contribution in [1.82, 2.24) is 5.32 Å². The summed E-state index contributed by atoms with van der Waals surface area (Å²) in [5, 5.41) is 3.41. The highest BCUT2D eigenvalue weighted by Gasteiger charge is 2.33. The zero-order valence-electron chi connectivity index (χ0n) is 16.8. The van der Waals surface area contributed by atoms with Crippen LogP contribution in [0.2, 0.25) is 0 Å². The lowest BCUT2D eigenvalue weighted by Gasteiger charge is -2.36. The molecule has 1 aliphatic rings. The quantitative estimate of drug-likeness (QED) is 0.383. The minimum atomic E-state index is -0.224. The molecule has 0 radical (unpaired) electrons. The van der Waals surface area contributed by atoms with Crippen LogP contribution in [-0.2, 0) is 9.53 Å². The lowest BCUT2D eigenvalue weighted by molar-refractivity contribution is -0.149. The average molecular weight is 358 g/mol. The second-order valence-electron chi connectivity index (χ2n) is 8.01. The Hall–Kier alpha value is -1.77. The third-order valence-corrected chi connectivity index (χ3v) is 5.42. The van der Waals surface area contributed by atoms with Gasteiger partial charge in [-0.2, -0.15) is 0 Å². The molecule has 1 N–H and O–H groups in total. The van der Waals surface area contributed by atoms with Gasteiger partial charge in [0.15, 0.2) is 0 Å². The Labute approximate surface area is 159 Å². The van der Waals surface area contributed by atoms with Crippen LogP contribution in [-0.4, -0.2) is 18.6 Å². The minimum Gasteiger partial charge on any atom is -0.459 e. The van der Waals surface area contributed by atoms with Crippen LogP contribution >= 0.6 is 0 Å². The number of ether oxygens (including phenoxy) is 1. The first kappa shape index (κ1) is 20.5. The first-order valence-electron chi connectivity index (χ1n) is 10.2. The standard InChI is InChI=1S/C23H35NO2/c1-5-6-14-24-21(19-10-8-7-9-11-19)16-23(25)26-22-15-18(4)12-13-20(22)17(2)3/h7-11,16-18,20,22,24H,5-6,12-15H2,1-4H3/b21-16-/t18-,20+,22-/m1/s1. The van der Waals surface area contributed by atoms with E-state index in [1.54, 1.807) is 6.08 Å². The Morgan fingerprint density at radius 2 is 2.00 bits per heavy atom. The van der Waals surface area contributed by atoms with Gasteiger partial charge < -0.3 is 10.1 Å². The highest BCUT2D eigenvalue weighted by molar-refractivity contribution is 5.91. The van der Waals surface area contributed by atoms with Crippen molar-refractivity contribution >= 4 is 11.7 Å². The normalized spacial score (nSPS) is 23.7. The molecule has 1 aliphatic carbocycles. The summed E-state index contributed by atoms with van der Waals surface area (Å²) >= 11 is 0. The molecule has 1 fully saturated rings. The van der Waals surface area contributed by atoms with Gasteiger partial charge in [0.1, 0.15) is 6.10 Å². The molecule has 144 valence electrons. The fourth-order valence-corrected chi connectivity index (χ4v) is 3.81. The summed E-state index contributed by atoms with van der Waals surface area (Å²) in [6.45, 7) is 9.75. The van der Waals surface area contributed by atoms with Gasteiger partial charge in [0.25, 0.3) is 0 Å². The van der Waals surface area contributed by atoms with Crippen molar-refractivity contribution in [1.29, 1.82) is 0 Å². The maximum atomic E-state index is 12.7. The van der Waals surface area contributed by atoms with Gasteiger partial charge in [-0.3, -0.25) is 0 Å².